The van der Waals surface area contributed by atoms with Gasteiger partial charge in [-0.1, -0.05) is 74.0 Å². The summed E-state index contributed by atoms with van der Waals surface area (Å²) in [6, 6.07) is 22.5. The molecule has 32 heavy (non-hydrogen) atoms. The standard InChI is InChI=1S/C25H25N5O2/c1-3-10-20-16-22(31)28-25(26-20)30-21(15-17(2)29-30)27-24(32)23(18-11-6-4-7-12-18)19-13-8-5-9-14-19/h4-9,11-16,23H,3,10H2,1-2H3,(H,27,32)(H,26,28,31). The summed E-state index contributed by atoms with van der Waals surface area (Å²) in [7, 11) is 0. The largest absolute Gasteiger partial charge is 0.310 e. The first kappa shape index (κ1) is 21.2. The second kappa shape index (κ2) is 9.43. The van der Waals surface area contributed by atoms with Gasteiger partial charge >= 0.3 is 0 Å². The number of H-pyrrole nitrogens is 1. The molecule has 4 rings (SSSR count). The maximum Gasteiger partial charge on any atom is 0.252 e. The minimum Gasteiger partial charge on any atom is -0.310 e. The second-order valence-corrected chi connectivity index (χ2v) is 7.64. The molecule has 0 fully saturated rings. The molecule has 0 unspecified atom stereocenters. The molecule has 4 aromatic rings. The van der Waals surface area contributed by atoms with Crippen LogP contribution in [0.5, 0.6) is 0 Å². The molecule has 162 valence electrons. The van der Waals surface area contributed by atoms with E-state index in [2.05, 4.69) is 20.4 Å². The number of carbonyl (C=O) groups excluding carboxylic acids is 1. The third kappa shape index (κ3) is 4.67. The molecule has 2 aromatic carbocycles. The maximum absolute atomic E-state index is 13.5. The zero-order valence-electron chi connectivity index (χ0n) is 18.1. The van der Waals surface area contributed by atoms with Gasteiger partial charge in [-0.3, -0.25) is 14.6 Å². The van der Waals surface area contributed by atoms with Crippen LogP contribution in [-0.4, -0.2) is 25.7 Å². The maximum atomic E-state index is 13.5. The van der Waals surface area contributed by atoms with Gasteiger partial charge in [0.05, 0.1) is 11.6 Å². The van der Waals surface area contributed by atoms with Crippen molar-refractivity contribution < 1.29 is 4.79 Å². The van der Waals surface area contributed by atoms with E-state index in [1.165, 1.54) is 10.7 Å². The van der Waals surface area contributed by atoms with Crippen LogP contribution in [0, 0.1) is 6.92 Å². The lowest BCUT2D eigenvalue weighted by Crippen LogP contribution is -2.24. The Kier molecular flexibility index (Phi) is 6.26. The Morgan fingerprint density at radius 3 is 2.25 bits per heavy atom. The monoisotopic (exact) mass is 427 g/mol. The summed E-state index contributed by atoms with van der Waals surface area (Å²) < 4.78 is 1.47. The minimum absolute atomic E-state index is 0.199. The molecule has 0 saturated heterocycles. The van der Waals surface area contributed by atoms with Crippen molar-refractivity contribution in [1.29, 1.82) is 0 Å². The summed E-state index contributed by atoms with van der Waals surface area (Å²) in [6.45, 7) is 3.85. The van der Waals surface area contributed by atoms with Gasteiger partial charge in [0.15, 0.2) is 0 Å². The Morgan fingerprint density at radius 1 is 1.03 bits per heavy atom. The van der Waals surface area contributed by atoms with Crippen LogP contribution in [0.25, 0.3) is 5.95 Å². The molecule has 7 nitrogen and oxygen atoms in total. The van der Waals surface area contributed by atoms with Crippen LogP contribution in [0.3, 0.4) is 0 Å². The average Bonchev–Trinajstić information content (AvgIpc) is 3.15. The number of carbonyl (C=O) groups is 1. The lowest BCUT2D eigenvalue weighted by Gasteiger charge is -2.18. The molecule has 0 atom stereocenters. The van der Waals surface area contributed by atoms with Gasteiger partial charge in [0, 0.05) is 17.8 Å². The van der Waals surface area contributed by atoms with E-state index in [4.69, 9.17) is 0 Å². The highest BCUT2D eigenvalue weighted by Gasteiger charge is 2.24. The van der Waals surface area contributed by atoms with Crippen LogP contribution < -0.4 is 10.9 Å². The van der Waals surface area contributed by atoms with Crippen LogP contribution in [-0.2, 0) is 11.2 Å². The second-order valence-electron chi connectivity index (χ2n) is 7.64. The third-order valence-corrected chi connectivity index (χ3v) is 5.10. The van der Waals surface area contributed by atoms with E-state index in [1.54, 1.807) is 6.07 Å². The Bertz CT molecular complexity index is 1220. The molecule has 7 heteroatoms. The Morgan fingerprint density at radius 2 is 1.66 bits per heavy atom. The van der Waals surface area contributed by atoms with Gasteiger partial charge in [-0.15, -0.1) is 0 Å². The van der Waals surface area contributed by atoms with Crippen molar-refractivity contribution in [2.24, 2.45) is 0 Å². The van der Waals surface area contributed by atoms with E-state index < -0.39 is 5.92 Å². The molecule has 0 aliphatic heterocycles. The lowest BCUT2D eigenvalue weighted by molar-refractivity contribution is -0.116. The Labute approximate surface area is 186 Å². The fourth-order valence-electron chi connectivity index (χ4n) is 3.71. The average molecular weight is 428 g/mol. The molecule has 0 bridgehead atoms. The summed E-state index contributed by atoms with van der Waals surface area (Å²) >= 11 is 0. The number of hydrogen-bond acceptors (Lipinski definition) is 4. The molecular weight excluding hydrogens is 402 g/mol. The number of nitrogens with zero attached hydrogens (tertiary/aromatic N) is 3. The van der Waals surface area contributed by atoms with Gasteiger partial charge in [0.2, 0.25) is 11.9 Å². The Hall–Kier alpha value is -4.00. The van der Waals surface area contributed by atoms with Gasteiger partial charge in [-0.05, 0) is 24.5 Å². The van der Waals surface area contributed by atoms with Gasteiger partial charge in [-0.2, -0.15) is 9.78 Å². The summed E-state index contributed by atoms with van der Waals surface area (Å²) in [5, 5.41) is 7.45. The molecule has 0 radical (unpaired) electrons. The summed E-state index contributed by atoms with van der Waals surface area (Å²) in [5.41, 5.74) is 2.89. The van der Waals surface area contributed by atoms with Crippen LogP contribution in [0.15, 0.2) is 77.6 Å². The van der Waals surface area contributed by atoms with Crippen LogP contribution in [0.2, 0.25) is 0 Å². The van der Waals surface area contributed by atoms with Crippen molar-refractivity contribution in [2.75, 3.05) is 5.32 Å². The quantitative estimate of drug-likeness (QED) is 0.466. The molecule has 2 N–H and O–H groups in total. The van der Waals surface area contributed by atoms with Crippen molar-refractivity contribution in [3.8, 4) is 5.95 Å². The topological polar surface area (TPSA) is 92.7 Å². The van der Waals surface area contributed by atoms with Crippen LogP contribution in [0.1, 0.15) is 41.8 Å². The van der Waals surface area contributed by atoms with E-state index >= 15 is 0 Å². The number of hydrogen-bond donors (Lipinski definition) is 2. The van der Waals surface area contributed by atoms with E-state index in [1.807, 2.05) is 74.5 Å². The fraction of sp³-hybridized carbons (Fsp3) is 0.200. The van der Waals surface area contributed by atoms with Crippen molar-refractivity contribution >= 4 is 11.7 Å². The predicted octanol–water partition coefficient (Wildman–Crippen LogP) is 3.99. The van der Waals surface area contributed by atoms with Crippen molar-refractivity contribution in [1.82, 2.24) is 19.7 Å². The summed E-state index contributed by atoms with van der Waals surface area (Å²) in [6.07, 6.45) is 1.55. The number of aryl methyl sites for hydroxylation is 2. The zero-order chi connectivity index (χ0) is 22.5. The van der Waals surface area contributed by atoms with Crippen molar-refractivity contribution in [3.63, 3.8) is 0 Å². The number of aromatic nitrogens is 4. The smallest absolute Gasteiger partial charge is 0.252 e. The molecule has 0 spiro atoms. The zero-order valence-corrected chi connectivity index (χ0v) is 18.1. The van der Waals surface area contributed by atoms with Crippen molar-refractivity contribution in [2.45, 2.75) is 32.6 Å². The molecular formula is C25H25N5O2. The predicted molar refractivity (Wildman–Crippen MR) is 124 cm³/mol. The Balaban J connectivity index is 1.71. The van der Waals surface area contributed by atoms with Gasteiger partial charge < -0.3 is 5.32 Å². The summed E-state index contributed by atoms with van der Waals surface area (Å²) in [4.78, 5) is 32.9. The van der Waals surface area contributed by atoms with Gasteiger partial charge in [-0.25, -0.2) is 4.98 Å². The number of benzene rings is 2. The SMILES string of the molecule is CCCc1cc(=O)[nH]c(-n2nc(C)cc2NC(=O)C(c2ccccc2)c2ccccc2)n1. The molecule has 0 aliphatic rings. The molecule has 1 amide bonds. The van der Waals surface area contributed by atoms with Crippen LogP contribution >= 0.6 is 0 Å². The lowest BCUT2D eigenvalue weighted by atomic mass is 9.90. The number of nitrogens with one attached hydrogen (secondary N) is 2. The third-order valence-electron chi connectivity index (χ3n) is 5.10. The van der Waals surface area contributed by atoms with Gasteiger partial charge in [0.1, 0.15) is 5.82 Å². The van der Waals surface area contributed by atoms with Crippen molar-refractivity contribution in [3.05, 3.63) is 106 Å². The first-order valence-corrected chi connectivity index (χ1v) is 10.6. The van der Waals surface area contributed by atoms with E-state index in [0.717, 1.165) is 17.5 Å². The normalized spacial score (nSPS) is 11.0. The summed E-state index contributed by atoms with van der Waals surface area (Å²) in [5.74, 6) is 0.0246. The number of anilines is 1. The minimum atomic E-state index is -0.500. The molecule has 2 heterocycles. The molecule has 0 aliphatic carbocycles. The number of rotatable bonds is 7. The van der Waals surface area contributed by atoms with E-state index in [-0.39, 0.29) is 17.4 Å². The highest BCUT2D eigenvalue weighted by Crippen LogP contribution is 2.27. The van der Waals surface area contributed by atoms with Gasteiger partial charge in [0.25, 0.3) is 5.56 Å². The number of aromatic amines is 1. The molecule has 0 saturated carbocycles. The number of amides is 1. The first-order chi connectivity index (χ1) is 15.5. The first-order valence-electron chi connectivity index (χ1n) is 10.6. The highest BCUT2D eigenvalue weighted by atomic mass is 16.2. The fourth-order valence-corrected chi connectivity index (χ4v) is 3.71. The highest BCUT2D eigenvalue weighted by molar-refractivity contribution is 5.97. The van der Waals surface area contributed by atoms with Crippen LogP contribution in [0.4, 0.5) is 5.82 Å². The van der Waals surface area contributed by atoms with E-state index in [0.29, 0.717) is 23.6 Å². The molecule has 2 aromatic heterocycles. The van der Waals surface area contributed by atoms with E-state index in [9.17, 15) is 9.59 Å².